The third-order valence-electron chi connectivity index (χ3n) is 5.45. The van der Waals surface area contributed by atoms with Gasteiger partial charge >= 0.3 is 6.09 Å². The molecule has 0 radical (unpaired) electrons. The van der Waals surface area contributed by atoms with Crippen LogP contribution in [-0.4, -0.2) is 61.2 Å². The SMILES string of the molecule is CC(CCC1CCN(C(=O)OC(C)(C)C)CC1)COc1ccc(C(=O)N(C)C)c(Cl)c1. The van der Waals surface area contributed by atoms with E-state index in [9.17, 15) is 9.59 Å². The summed E-state index contributed by atoms with van der Waals surface area (Å²) in [5.74, 6) is 1.60. The van der Waals surface area contributed by atoms with E-state index in [1.165, 1.54) is 4.90 Å². The lowest BCUT2D eigenvalue weighted by atomic mass is 9.89. The maximum Gasteiger partial charge on any atom is 0.410 e. The molecule has 6 nitrogen and oxygen atoms in total. The van der Waals surface area contributed by atoms with Crippen molar-refractivity contribution in [2.75, 3.05) is 33.8 Å². The Morgan fingerprint density at radius 2 is 1.87 bits per heavy atom. The fourth-order valence-electron chi connectivity index (χ4n) is 3.57. The fraction of sp³-hybridized carbons (Fsp3) is 0.667. The normalized spacial score (nSPS) is 16.0. The number of carbonyl (C=O) groups excluding carboxylic acids is 2. The molecule has 0 bridgehead atoms. The van der Waals surface area contributed by atoms with E-state index in [2.05, 4.69) is 6.92 Å². The molecule has 2 amide bonds. The minimum atomic E-state index is -0.449. The van der Waals surface area contributed by atoms with Crippen LogP contribution in [0.1, 0.15) is 63.7 Å². The molecule has 1 aromatic carbocycles. The molecule has 0 spiro atoms. The first kappa shape index (κ1) is 25.3. The summed E-state index contributed by atoms with van der Waals surface area (Å²) < 4.78 is 11.4. The Morgan fingerprint density at radius 3 is 2.42 bits per heavy atom. The van der Waals surface area contributed by atoms with Crippen molar-refractivity contribution in [1.29, 1.82) is 0 Å². The standard InChI is InChI=1S/C24H37ClN2O4/c1-17(16-30-19-9-10-20(21(25)15-19)22(28)26(5)6)7-8-18-11-13-27(14-12-18)23(29)31-24(2,3)4/h9-10,15,17-18H,7-8,11-14,16H2,1-6H3. The van der Waals surface area contributed by atoms with Gasteiger partial charge in [0.15, 0.2) is 0 Å². The van der Waals surface area contributed by atoms with Gasteiger partial charge in [-0.3, -0.25) is 4.79 Å². The van der Waals surface area contributed by atoms with Gasteiger partial charge < -0.3 is 19.3 Å². The van der Waals surface area contributed by atoms with Crippen LogP contribution in [0.3, 0.4) is 0 Å². The number of halogens is 1. The summed E-state index contributed by atoms with van der Waals surface area (Å²) in [7, 11) is 3.40. The van der Waals surface area contributed by atoms with Crippen LogP contribution < -0.4 is 4.74 Å². The highest BCUT2D eigenvalue weighted by atomic mass is 35.5. The maximum absolute atomic E-state index is 12.2. The Bertz CT molecular complexity index is 752. The number of rotatable bonds is 7. The van der Waals surface area contributed by atoms with E-state index in [4.69, 9.17) is 21.1 Å². The van der Waals surface area contributed by atoms with Gasteiger partial charge in [0.2, 0.25) is 0 Å². The zero-order chi connectivity index (χ0) is 23.2. The highest BCUT2D eigenvalue weighted by molar-refractivity contribution is 6.34. The van der Waals surface area contributed by atoms with Gasteiger partial charge in [-0.15, -0.1) is 0 Å². The second-order valence-corrected chi connectivity index (χ2v) is 10.2. The summed E-state index contributed by atoms with van der Waals surface area (Å²) >= 11 is 6.25. The second kappa shape index (κ2) is 11.1. The van der Waals surface area contributed by atoms with Crippen molar-refractivity contribution >= 4 is 23.6 Å². The fourth-order valence-corrected chi connectivity index (χ4v) is 3.82. The van der Waals surface area contributed by atoms with E-state index in [0.29, 0.717) is 34.8 Å². The summed E-state index contributed by atoms with van der Waals surface area (Å²) in [4.78, 5) is 27.6. The molecule has 1 fully saturated rings. The van der Waals surface area contributed by atoms with E-state index in [-0.39, 0.29) is 12.0 Å². The highest BCUT2D eigenvalue weighted by Crippen LogP contribution is 2.27. The van der Waals surface area contributed by atoms with Crippen LogP contribution in [0.4, 0.5) is 4.79 Å². The first-order chi connectivity index (χ1) is 14.5. The van der Waals surface area contributed by atoms with E-state index in [1.807, 2.05) is 25.7 Å². The Balaban J connectivity index is 1.71. The van der Waals surface area contributed by atoms with E-state index in [0.717, 1.165) is 38.8 Å². The van der Waals surface area contributed by atoms with Crippen LogP contribution in [0.2, 0.25) is 5.02 Å². The average molecular weight is 453 g/mol. The molecule has 1 unspecified atom stereocenters. The molecule has 31 heavy (non-hydrogen) atoms. The molecule has 174 valence electrons. The molecule has 0 aromatic heterocycles. The van der Waals surface area contributed by atoms with Crippen molar-refractivity contribution in [3.8, 4) is 5.75 Å². The van der Waals surface area contributed by atoms with Gasteiger partial charge in [0, 0.05) is 27.2 Å². The Kier molecular flexibility index (Phi) is 9.04. The molecule has 2 rings (SSSR count). The van der Waals surface area contributed by atoms with Crippen molar-refractivity contribution in [3.05, 3.63) is 28.8 Å². The van der Waals surface area contributed by atoms with Crippen molar-refractivity contribution in [1.82, 2.24) is 9.80 Å². The average Bonchev–Trinajstić information content (AvgIpc) is 2.69. The third kappa shape index (κ3) is 8.24. The molecular weight excluding hydrogens is 416 g/mol. The number of benzene rings is 1. The van der Waals surface area contributed by atoms with Crippen molar-refractivity contribution in [2.24, 2.45) is 11.8 Å². The van der Waals surface area contributed by atoms with Crippen molar-refractivity contribution in [3.63, 3.8) is 0 Å². The van der Waals surface area contributed by atoms with E-state index < -0.39 is 5.60 Å². The van der Waals surface area contributed by atoms with E-state index in [1.54, 1.807) is 32.3 Å². The zero-order valence-electron chi connectivity index (χ0n) is 19.7. The number of carbonyl (C=O) groups is 2. The minimum Gasteiger partial charge on any atom is -0.493 e. The Labute approximate surface area is 191 Å². The summed E-state index contributed by atoms with van der Waals surface area (Å²) in [5, 5.41) is 0.403. The van der Waals surface area contributed by atoms with Gasteiger partial charge in [0.1, 0.15) is 11.4 Å². The predicted octanol–water partition coefficient (Wildman–Crippen LogP) is 5.48. The van der Waals surface area contributed by atoms with Gasteiger partial charge in [-0.2, -0.15) is 0 Å². The number of ether oxygens (including phenoxy) is 2. The lowest BCUT2D eigenvalue weighted by molar-refractivity contribution is 0.0178. The second-order valence-electron chi connectivity index (χ2n) is 9.75. The summed E-state index contributed by atoms with van der Waals surface area (Å²) in [6, 6.07) is 5.21. The largest absolute Gasteiger partial charge is 0.493 e. The molecule has 1 aliphatic heterocycles. The van der Waals surface area contributed by atoms with Crippen LogP contribution in [0, 0.1) is 11.8 Å². The minimum absolute atomic E-state index is 0.123. The molecule has 1 aliphatic rings. The van der Waals surface area contributed by atoms with Crippen LogP contribution >= 0.6 is 11.6 Å². The molecule has 0 aliphatic carbocycles. The van der Waals surface area contributed by atoms with Gasteiger partial charge in [0.25, 0.3) is 5.91 Å². The molecule has 1 aromatic rings. The smallest absolute Gasteiger partial charge is 0.410 e. The molecule has 1 saturated heterocycles. The predicted molar refractivity (Wildman–Crippen MR) is 124 cm³/mol. The zero-order valence-corrected chi connectivity index (χ0v) is 20.5. The van der Waals surface area contributed by atoms with Crippen LogP contribution in [0.25, 0.3) is 0 Å². The lowest BCUT2D eigenvalue weighted by Crippen LogP contribution is -2.41. The number of piperidine rings is 1. The van der Waals surface area contributed by atoms with Crippen LogP contribution in [0.15, 0.2) is 18.2 Å². The number of likely N-dealkylation sites (tertiary alicyclic amines) is 1. The first-order valence-corrected chi connectivity index (χ1v) is 11.5. The molecule has 1 heterocycles. The lowest BCUT2D eigenvalue weighted by Gasteiger charge is -2.33. The van der Waals surface area contributed by atoms with Gasteiger partial charge in [0.05, 0.1) is 17.2 Å². The third-order valence-corrected chi connectivity index (χ3v) is 5.76. The monoisotopic (exact) mass is 452 g/mol. The van der Waals surface area contributed by atoms with E-state index >= 15 is 0 Å². The quantitative estimate of drug-likeness (QED) is 0.549. The molecule has 7 heteroatoms. The van der Waals surface area contributed by atoms with Crippen molar-refractivity contribution < 1.29 is 19.1 Å². The maximum atomic E-state index is 12.2. The highest BCUT2D eigenvalue weighted by Gasteiger charge is 2.27. The molecule has 0 saturated carbocycles. The molecular formula is C24H37ClN2O4. The van der Waals surface area contributed by atoms with Crippen LogP contribution in [-0.2, 0) is 4.74 Å². The van der Waals surface area contributed by atoms with Gasteiger partial charge in [-0.25, -0.2) is 4.79 Å². The summed E-state index contributed by atoms with van der Waals surface area (Å²) in [5.41, 5.74) is 0.0280. The first-order valence-electron chi connectivity index (χ1n) is 11.1. The topological polar surface area (TPSA) is 59.1 Å². The van der Waals surface area contributed by atoms with Gasteiger partial charge in [-0.1, -0.05) is 18.5 Å². The van der Waals surface area contributed by atoms with Crippen molar-refractivity contribution in [2.45, 2.75) is 59.0 Å². The number of hydrogen-bond donors (Lipinski definition) is 0. The Hall–Kier alpha value is -1.95. The van der Waals surface area contributed by atoms with Crippen LogP contribution in [0.5, 0.6) is 5.75 Å². The summed E-state index contributed by atoms with van der Waals surface area (Å²) in [6.07, 6.45) is 4.03. The Morgan fingerprint density at radius 1 is 1.23 bits per heavy atom. The van der Waals surface area contributed by atoms with Gasteiger partial charge in [-0.05, 0) is 76.5 Å². The molecule has 0 N–H and O–H groups in total. The number of amides is 2. The summed E-state index contributed by atoms with van der Waals surface area (Å²) in [6.45, 7) is 10.0. The number of hydrogen-bond acceptors (Lipinski definition) is 4. The molecule has 1 atom stereocenters. The number of nitrogens with zero attached hydrogens (tertiary/aromatic N) is 2.